The number of likely N-dealkylation sites (tertiary alicyclic amines) is 2. The van der Waals surface area contributed by atoms with Crippen LogP contribution < -0.4 is 10.1 Å². The largest absolute Gasteiger partial charge is 0.497 e. The Morgan fingerprint density at radius 2 is 1.67 bits per heavy atom. The van der Waals surface area contributed by atoms with Crippen LogP contribution in [0.1, 0.15) is 56.0 Å². The molecule has 238 valence electrons. The maximum absolute atomic E-state index is 15.1. The molecule has 2 fully saturated rings. The molecule has 2 amide bonds. The zero-order valence-electron chi connectivity index (χ0n) is 25.7. The molecule has 6 rings (SSSR count). The third-order valence-corrected chi connectivity index (χ3v) is 8.86. The Morgan fingerprint density at radius 3 is 2.30 bits per heavy atom. The van der Waals surface area contributed by atoms with Crippen molar-refractivity contribution in [3.63, 3.8) is 0 Å². The van der Waals surface area contributed by atoms with Crippen LogP contribution in [0.15, 0.2) is 85.6 Å². The van der Waals surface area contributed by atoms with Gasteiger partial charge in [0.05, 0.1) is 25.0 Å². The van der Waals surface area contributed by atoms with Crippen LogP contribution in [0.2, 0.25) is 0 Å². The first-order chi connectivity index (χ1) is 22.4. The number of Topliss-reactive ketones (excluding diaryl/α,β-unsaturated/α-hetero) is 1. The fraction of sp³-hybridized carbons (Fsp3) is 0.343. The maximum Gasteiger partial charge on any atom is 0.272 e. The van der Waals surface area contributed by atoms with Crippen molar-refractivity contribution in [2.24, 2.45) is 5.92 Å². The average Bonchev–Trinajstić information content (AvgIpc) is 3.65. The molecule has 4 heterocycles. The number of halogens is 1. The Bertz CT molecular complexity index is 1640. The number of benzene rings is 2. The van der Waals surface area contributed by atoms with Gasteiger partial charge in [0, 0.05) is 68.5 Å². The van der Waals surface area contributed by atoms with Crippen molar-refractivity contribution in [2.45, 2.75) is 38.0 Å². The maximum atomic E-state index is 15.1. The van der Waals surface area contributed by atoms with Crippen molar-refractivity contribution in [1.82, 2.24) is 29.7 Å². The number of nitrogens with one attached hydrogen (secondary N) is 1. The minimum Gasteiger partial charge on any atom is -0.497 e. The van der Waals surface area contributed by atoms with Crippen molar-refractivity contribution in [3.05, 3.63) is 108 Å². The summed E-state index contributed by atoms with van der Waals surface area (Å²) in [7, 11) is 1.58. The van der Waals surface area contributed by atoms with Crippen molar-refractivity contribution in [3.8, 4) is 11.4 Å². The van der Waals surface area contributed by atoms with Crippen LogP contribution in [0.3, 0.4) is 0 Å². The highest BCUT2D eigenvalue weighted by Gasteiger charge is 2.31. The van der Waals surface area contributed by atoms with Crippen LogP contribution >= 0.6 is 0 Å². The van der Waals surface area contributed by atoms with Crippen molar-refractivity contribution < 1.29 is 23.5 Å². The quantitative estimate of drug-likeness (QED) is 0.276. The molecule has 11 heteroatoms. The van der Waals surface area contributed by atoms with Crippen molar-refractivity contribution in [1.29, 1.82) is 0 Å². The van der Waals surface area contributed by atoms with Gasteiger partial charge < -0.3 is 19.5 Å². The third kappa shape index (κ3) is 7.15. The molecule has 4 aromatic rings. The highest BCUT2D eigenvalue weighted by molar-refractivity contribution is 5.99. The SMILES string of the molecule is COc1ccc(C(=O)C2CCN(C(=O)c3ccc(C(=O)NC4CCN(Cc5ccc(-n6ccnc6)cc5)C[C@H]4F)cn3)CC2)cc1. The van der Waals surface area contributed by atoms with Gasteiger partial charge in [-0.05, 0) is 73.4 Å². The number of piperidine rings is 2. The highest BCUT2D eigenvalue weighted by atomic mass is 19.1. The van der Waals surface area contributed by atoms with Gasteiger partial charge in [0.2, 0.25) is 0 Å². The molecule has 0 saturated carbocycles. The molecule has 46 heavy (non-hydrogen) atoms. The Kier molecular flexibility index (Phi) is 9.49. The van der Waals surface area contributed by atoms with Gasteiger partial charge in [-0.3, -0.25) is 24.3 Å². The van der Waals surface area contributed by atoms with Crippen LogP contribution in [0.25, 0.3) is 5.69 Å². The summed E-state index contributed by atoms with van der Waals surface area (Å²) < 4.78 is 22.2. The van der Waals surface area contributed by atoms with E-state index < -0.39 is 18.1 Å². The van der Waals surface area contributed by atoms with Gasteiger partial charge in [-0.15, -0.1) is 0 Å². The van der Waals surface area contributed by atoms with E-state index in [1.807, 2.05) is 35.0 Å². The fourth-order valence-electron chi connectivity index (χ4n) is 6.12. The lowest BCUT2D eigenvalue weighted by atomic mass is 9.88. The molecule has 2 aliphatic heterocycles. The number of carbonyl (C=O) groups excluding carboxylic acids is 3. The fourth-order valence-corrected chi connectivity index (χ4v) is 6.12. The summed E-state index contributed by atoms with van der Waals surface area (Å²) in [5, 5.41) is 2.82. The van der Waals surface area contributed by atoms with E-state index >= 15 is 4.39 Å². The summed E-state index contributed by atoms with van der Waals surface area (Å²) in [6.45, 7) is 2.40. The van der Waals surface area contributed by atoms with Crippen LogP contribution in [0, 0.1) is 5.92 Å². The molecule has 2 aromatic carbocycles. The topological polar surface area (TPSA) is 110 Å². The van der Waals surface area contributed by atoms with Gasteiger partial charge >= 0.3 is 0 Å². The Balaban J connectivity index is 0.957. The van der Waals surface area contributed by atoms with Gasteiger partial charge in [0.15, 0.2) is 5.78 Å². The smallest absolute Gasteiger partial charge is 0.272 e. The first-order valence-electron chi connectivity index (χ1n) is 15.6. The lowest BCUT2D eigenvalue weighted by Gasteiger charge is -2.35. The molecule has 1 unspecified atom stereocenters. The molecule has 0 spiro atoms. The number of carbonyl (C=O) groups is 3. The Hall–Kier alpha value is -4.90. The predicted octanol–water partition coefficient (Wildman–Crippen LogP) is 4.35. The minimum absolute atomic E-state index is 0.0706. The van der Waals surface area contributed by atoms with E-state index in [4.69, 9.17) is 4.74 Å². The van der Waals surface area contributed by atoms with E-state index in [9.17, 15) is 14.4 Å². The van der Waals surface area contributed by atoms with Crippen LogP contribution in [-0.4, -0.2) is 87.4 Å². The van der Waals surface area contributed by atoms with E-state index in [1.165, 1.54) is 12.3 Å². The molecular formula is C35H37FN6O4. The van der Waals surface area contributed by atoms with E-state index in [-0.39, 0.29) is 35.4 Å². The number of nitrogens with zero attached hydrogens (tertiary/aromatic N) is 5. The Labute approximate surface area is 267 Å². The molecule has 2 saturated heterocycles. The first-order valence-corrected chi connectivity index (χ1v) is 15.6. The lowest BCUT2D eigenvalue weighted by Crippen LogP contribution is -2.52. The van der Waals surface area contributed by atoms with E-state index in [1.54, 1.807) is 54.9 Å². The second kappa shape index (κ2) is 14.0. The molecule has 1 N–H and O–H groups in total. The normalized spacial score (nSPS) is 19.0. The number of aromatic nitrogens is 3. The van der Waals surface area contributed by atoms with Gasteiger partial charge in [-0.1, -0.05) is 12.1 Å². The molecule has 2 aliphatic rings. The van der Waals surface area contributed by atoms with E-state index in [0.29, 0.717) is 56.8 Å². The second-order valence-corrected chi connectivity index (χ2v) is 11.8. The predicted molar refractivity (Wildman–Crippen MR) is 170 cm³/mol. The van der Waals surface area contributed by atoms with Crippen LogP contribution in [-0.2, 0) is 6.54 Å². The summed E-state index contributed by atoms with van der Waals surface area (Å²) >= 11 is 0. The third-order valence-electron chi connectivity index (χ3n) is 8.86. The lowest BCUT2D eigenvalue weighted by molar-refractivity contribution is 0.0645. The van der Waals surface area contributed by atoms with E-state index in [0.717, 1.165) is 11.3 Å². The van der Waals surface area contributed by atoms with Crippen LogP contribution in [0.4, 0.5) is 4.39 Å². The molecule has 2 atom stereocenters. The summed E-state index contributed by atoms with van der Waals surface area (Å²) in [6.07, 6.45) is 7.13. The van der Waals surface area contributed by atoms with Gasteiger partial charge in [0.25, 0.3) is 11.8 Å². The number of alkyl halides is 1. The standard InChI is InChI=1S/C35H37FN6O4/c1-46-29-9-4-25(5-10-29)33(43)26-12-17-41(18-13-26)35(45)32-11-6-27(20-38-32)34(44)39-31-14-16-40(22-30(31)36)21-24-2-7-28(8-3-24)42-19-15-37-23-42/h2-11,15,19-20,23,26,30-31H,12-14,16-18,21-22H2,1H3,(H,39,44)/t30-,31?/m1/s1. The summed E-state index contributed by atoms with van der Waals surface area (Å²) in [4.78, 5) is 51.0. The number of hydrogen-bond acceptors (Lipinski definition) is 7. The molecule has 2 aromatic heterocycles. The molecule has 10 nitrogen and oxygen atoms in total. The molecule has 0 radical (unpaired) electrons. The number of rotatable bonds is 9. The highest BCUT2D eigenvalue weighted by Crippen LogP contribution is 2.24. The number of ether oxygens (including phenoxy) is 1. The van der Waals surface area contributed by atoms with Gasteiger partial charge in [-0.2, -0.15) is 0 Å². The molecule has 0 bridgehead atoms. The number of amides is 2. The average molecular weight is 625 g/mol. The number of imidazole rings is 1. The van der Waals surface area contributed by atoms with Gasteiger partial charge in [-0.25, -0.2) is 9.37 Å². The zero-order valence-corrected chi connectivity index (χ0v) is 25.7. The van der Waals surface area contributed by atoms with Gasteiger partial charge in [0.1, 0.15) is 17.6 Å². The summed E-state index contributed by atoms with van der Waals surface area (Å²) in [5.74, 6) is -0.0413. The number of pyridine rings is 1. The van der Waals surface area contributed by atoms with Crippen LogP contribution in [0.5, 0.6) is 5.75 Å². The number of ketones is 1. The number of hydrogen-bond donors (Lipinski definition) is 1. The first kappa shape index (κ1) is 31.1. The zero-order chi connectivity index (χ0) is 32.0. The summed E-state index contributed by atoms with van der Waals surface area (Å²) in [6, 6.07) is 17.6. The van der Waals surface area contributed by atoms with Crippen molar-refractivity contribution >= 4 is 17.6 Å². The van der Waals surface area contributed by atoms with E-state index in [2.05, 4.69) is 20.2 Å². The minimum atomic E-state index is -1.21. The second-order valence-electron chi connectivity index (χ2n) is 11.8. The molecular weight excluding hydrogens is 587 g/mol. The number of methoxy groups -OCH3 is 1. The Morgan fingerprint density at radius 1 is 0.935 bits per heavy atom. The summed E-state index contributed by atoms with van der Waals surface area (Å²) in [5.41, 5.74) is 3.24. The van der Waals surface area contributed by atoms with Crippen molar-refractivity contribution in [2.75, 3.05) is 33.3 Å². The molecule has 0 aliphatic carbocycles. The monoisotopic (exact) mass is 624 g/mol.